The van der Waals surface area contributed by atoms with Gasteiger partial charge in [0.1, 0.15) is 5.60 Å². The lowest BCUT2D eigenvalue weighted by Gasteiger charge is -2.22. The summed E-state index contributed by atoms with van der Waals surface area (Å²) >= 11 is 9.51. The smallest absolute Gasteiger partial charge is 0.407 e. The molecule has 0 aromatic heterocycles. The van der Waals surface area contributed by atoms with E-state index in [9.17, 15) is 4.79 Å². The Balaban J connectivity index is 1.82. The number of amides is 1. The second-order valence-electron chi connectivity index (χ2n) is 6.96. The van der Waals surface area contributed by atoms with Gasteiger partial charge in [-0.15, -0.1) is 0 Å². The molecule has 0 heterocycles. The number of alkyl carbamates (subject to hydrolysis) is 1. The number of nitrogens with one attached hydrogen (secondary N) is 2. The van der Waals surface area contributed by atoms with Crippen molar-refractivity contribution in [2.75, 3.05) is 6.54 Å². The molecule has 0 bridgehead atoms. The second-order valence-corrected chi connectivity index (χ2v) is 8.22. The highest BCUT2D eigenvalue weighted by Gasteiger charge is 2.31. The van der Waals surface area contributed by atoms with Crippen LogP contribution in [0.15, 0.2) is 22.7 Å². The first kappa shape index (κ1) is 18.6. The van der Waals surface area contributed by atoms with Crippen LogP contribution in [0.5, 0.6) is 0 Å². The second kappa shape index (κ2) is 7.86. The van der Waals surface area contributed by atoms with Gasteiger partial charge in [-0.25, -0.2) is 4.79 Å². The van der Waals surface area contributed by atoms with Gasteiger partial charge in [0.25, 0.3) is 0 Å². The zero-order chi connectivity index (χ0) is 17.0. The zero-order valence-electron chi connectivity index (χ0n) is 13.8. The van der Waals surface area contributed by atoms with Gasteiger partial charge >= 0.3 is 6.09 Å². The number of carbonyl (C=O) groups excluding carboxylic acids is 1. The highest BCUT2D eigenvalue weighted by molar-refractivity contribution is 9.10. The molecule has 1 aromatic carbocycles. The molecule has 23 heavy (non-hydrogen) atoms. The van der Waals surface area contributed by atoms with Crippen molar-refractivity contribution in [3.63, 3.8) is 0 Å². The Bertz CT molecular complexity index is 556. The third-order valence-electron chi connectivity index (χ3n) is 3.61. The quantitative estimate of drug-likeness (QED) is 0.735. The first-order valence-electron chi connectivity index (χ1n) is 7.89. The molecule has 1 saturated carbocycles. The molecule has 2 N–H and O–H groups in total. The van der Waals surface area contributed by atoms with Gasteiger partial charge in [-0.05, 0) is 73.2 Å². The maximum Gasteiger partial charge on any atom is 0.407 e. The van der Waals surface area contributed by atoms with Crippen molar-refractivity contribution in [2.45, 2.75) is 51.8 Å². The summed E-state index contributed by atoms with van der Waals surface area (Å²) in [5.74, 6) is 0.621. The van der Waals surface area contributed by atoms with Crippen LogP contribution in [-0.4, -0.2) is 24.3 Å². The average molecular weight is 404 g/mol. The standard InChI is InChI=1S/C17H24BrClN2O2/c1-17(2,3)23-16(22)21-10-15(12-5-6-12)20-9-11-4-7-13(18)14(19)8-11/h4,7-8,12,15,20H,5-6,9-10H2,1-3H3,(H,21,22). The van der Waals surface area contributed by atoms with Crippen molar-refractivity contribution >= 4 is 33.6 Å². The summed E-state index contributed by atoms with van der Waals surface area (Å²) in [5, 5.41) is 7.09. The fraction of sp³-hybridized carbons (Fsp3) is 0.588. The van der Waals surface area contributed by atoms with Crippen LogP contribution in [0.3, 0.4) is 0 Å². The van der Waals surface area contributed by atoms with Gasteiger partial charge in [-0.2, -0.15) is 0 Å². The van der Waals surface area contributed by atoms with E-state index in [4.69, 9.17) is 16.3 Å². The Kier molecular flexibility index (Phi) is 6.34. The third kappa shape index (κ3) is 6.69. The predicted octanol–water partition coefficient (Wildman–Crippen LogP) is 4.50. The maximum absolute atomic E-state index is 11.8. The van der Waals surface area contributed by atoms with Gasteiger partial charge in [0.15, 0.2) is 0 Å². The fourth-order valence-electron chi connectivity index (χ4n) is 2.31. The first-order valence-corrected chi connectivity index (χ1v) is 9.06. The largest absolute Gasteiger partial charge is 0.444 e. The fourth-order valence-corrected chi connectivity index (χ4v) is 2.76. The zero-order valence-corrected chi connectivity index (χ0v) is 16.1. The van der Waals surface area contributed by atoms with Crippen LogP contribution in [0.25, 0.3) is 0 Å². The van der Waals surface area contributed by atoms with E-state index in [0.29, 0.717) is 17.5 Å². The van der Waals surface area contributed by atoms with Crippen molar-refractivity contribution in [2.24, 2.45) is 5.92 Å². The van der Waals surface area contributed by atoms with Crippen LogP contribution in [-0.2, 0) is 11.3 Å². The summed E-state index contributed by atoms with van der Waals surface area (Å²) < 4.78 is 6.18. The van der Waals surface area contributed by atoms with Crippen LogP contribution in [0, 0.1) is 5.92 Å². The molecule has 1 atom stereocenters. The summed E-state index contributed by atoms with van der Waals surface area (Å²) in [7, 11) is 0. The molecule has 2 rings (SSSR count). The van der Waals surface area contributed by atoms with Crippen molar-refractivity contribution in [1.82, 2.24) is 10.6 Å². The van der Waals surface area contributed by atoms with Crippen molar-refractivity contribution in [3.05, 3.63) is 33.3 Å². The molecular weight excluding hydrogens is 380 g/mol. The molecule has 1 amide bonds. The molecule has 1 fully saturated rings. The van der Waals surface area contributed by atoms with E-state index in [1.807, 2.05) is 39.0 Å². The highest BCUT2D eigenvalue weighted by Crippen LogP contribution is 2.32. The minimum atomic E-state index is -0.471. The average Bonchev–Trinajstić information content (AvgIpc) is 3.25. The molecule has 1 aliphatic carbocycles. The molecule has 6 heteroatoms. The Labute approximate surface area is 151 Å². The van der Waals surface area contributed by atoms with E-state index in [1.165, 1.54) is 12.8 Å². The van der Waals surface area contributed by atoms with Crippen molar-refractivity contribution < 1.29 is 9.53 Å². The summed E-state index contributed by atoms with van der Waals surface area (Å²) in [6, 6.07) is 6.19. The number of halogens is 2. The number of hydrogen-bond donors (Lipinski definition) is 2. The lowest BCUT2D eigenvalue weighted by atomic mass is 10.1. The molecular formula is C17H24BrClN2O2. The molecule has 1 unspecified atom stereocenters. The Morgan fingerprint density at radius 2 is 2.13 bits per heavy atom. The van der Waals surface area contributed by atoms with E-state index >= 15 is 0 Å². The number of carbonyl (C=O) groups is 1. The lowest BCUT2D eigenvalue weighted by Crippen LogP contribution is -2.43. The minimum Gasteiger partial charge on any atom is -0.444 e. The maximum atomic E-state index is 11.8. The molecule has 128 valence electrons. The van der Waals surface area contributed by atoms with Crippen LogP contribution in [0.4, 0.5) is 4.79 Å². The van der Waals surface area contributed by atoms with E-state index in [0.717, 1.165) is 16.6 Å². The van der Waals surface area contributed by atoms with Gasteiger partial charge in [0.2, 0.25) is 0 Å². The number of ether oxygens (including phenoxy) is 1. The van der Waals surface area contributed by atoms with E-state index in [-0.39, 0.29) is 12.1 Å². The molecule has 1 aromatic rings. The van der Waals surface area contributed by atoms with Gasteiger partial charge in [0.05, 0.1) is 5.02 Å². The Hall–Kier alpha value is -0.780. The van der Waals surface area contributed by atoms with Crippen LogP contribution >= 0.6 is 27.5 Å². The predicted molar refractivity (Wildman–Crippen MR) is 96.7 cm³/mol. The first-order chi connectivity index (χ1) is 10.7. The summed E-state index contributed by atoms with van der Waals surface area (Å²) in [4.78, 5) is 11.8. The van der Waals surface area contributed by atoms with Crippen molar-refractivity contribution in [1.29, 1.82) is 0 Å². The summed E-state index contributed by atoms with van der Waals surface area (Å²) in [6.45, 7) is 6.88. The third-order valence-corrected chi connectivity index (χ3v) is 4.84. The van der Waals surface area contributed by atoms with Crippen LogP contribution in [0.1, 0.15) is 39.2 Å². The van der Waals surface area contributed by atoms with Crippen molar-refractivity contribution in [3.8, 4) is 0 Å². The molecule has 0 saturated heterocycles. The molecule has 4 nitrogen and oxygen atoms in total. The van der Waals surface area contributed by atoms with Gasteiger partial charge in [0, 0.05) is 23.6 Å². The molecule has 0 aliphatic heterocycles. The van der Waals surface area contributed by atoms with E-state index in [2.05, 4.69) is 26.6 Å². The minimum absolute atomic E-state index is 0.255. The van der Waals surface area contributed by atoms with E-state index in [1.54, 1.807) is 0 Å². The van der Waals surface area contributed by atoms with Gasteiger partial charge < -0.3 is 15.4 Å². The van der Waals surface area contributed by atoms with Gasteiger partial charge in [-0.1, -0.05) is 17.7 Å². The number of hydrogen-bond acceptors (Lipinski definition) is 3. The van der Waals surface area contributed by atoms with Crippen LogP contribution < -0.4 is 10.6 Å². The molecule has 1 aliphatic rings. The van der Waals surface area contributed by atoms with Gasteiger partial charge in [-0.3, -0.25) is 0 Å². The SMILES string of the molecule is CC(C)(C)OC(=O)NCC(NCc1ccc(Br)c(Cl)c1)C1CC1. The monoisotopic (exact) mass is 402 g/mol. The Morgan fingerprint density at radius 3 is 2.70 bits per heavy atom. The lowest BCUT2D eigenvalue weighted by molar-refractivity contribution is 0.0521. The topological polar surface area (TPSA) is 50.4 Å². The van der Waals surface area contributed by atoms with E-state index < -0.39 is 5.60 Å². The highest BCUT2D eigenvalue weighted by atomic mass is 79.9. The number of benzene rings is 1. The van der Waals surface area contributed by atoms with Crippen LogP contribution in [0.2, 0.25) is 5.02 Å². The molecule has 0 spiro atoms. The normalized spacial score (nSPS) is 16.0. The molecule has 0 radical (unpaired) electrons. The Morgan fingerprint density at radius 1 is 1.43 bits per heavy atom. The summed E-state index contributed by atoms with van der Waals surface area (Å²) in [6.07, 6.45) is 2.04. The number of rotatable bonds is 6. The summed E-state index contributed by atoms with van der Waals surface area (Å²) in [5.41, 5.74) is 0.655.